The lowest BCUT2D eigenvalue weighted by Crippen LogP contribution is -2.21. The first-order valence-corrected chi connectivity index (χ1v) is 8.03. The molecule has 1 aromatic carbocycles. The van der Waals surface area contributed by atoms with Crippen LogP contribution in [0.25, 0.3) is 0 Å². The minimum absolute atomic E-state index is 0.0578. The lowest BCUT2D eigenvalue weighted by atomic mass is 9.73. The molecule has 1 heteroatoms. The van der Waals surface area contributed by atoms with Gasteiger partial charge in [0.1, 0.15) is 5.75 Å². The van der Waals surface area contributed by atoms with Crippen LogP contribution in [0.4, 0.5) is 0 Å². The Hall–Kier alpha value is -0.980. The summed E-state index contributed by atoms with van der Waals surface area (Å²) in [5.41, 5.74) is 3.54. The molecule has 120 valence electrons. The first-order chi connectivity index (χ1) is 9.15. The van der Waals surface area contributed by atoms with E-state index in [1.54, 1.807) is 0 Å². The summed E-state index contributed by atoms with van der Waals surface area (Å²) in [6.07, 6.45) is 0. The van der Waals surface area contributed by atoms with E-state index in [1.165, 1.54) is 5.56 Å². The van der Waals surface area contributed by atoms with Crippen LogP contribution >= 0.6 is 0 Å². The molecule has 21 heavy (non-hydrogen) atoms. The van der Waals surface area contributed by atoms with Gasteiger partial charge in [-0.3, -0.25) is 0 Å². The number of hydrogen-bond donors (Lipinski definition) is 1. The molecule has 0 aromatic heterocycles. The first kappa shape index (κ1) is 18.1. The SMILES string of the molecule is CC(c1cc(C(C)(C)C)c(O)c(C(C)(C)C)c1)C(C)(C)C. The smallest absolute Gasteiger partial charge is 0.123 e. The van der Waals surface area contributed by atoms with Crippen LogP contribution in [-0.4, -0.2) is 5.11 Å². The quantitative estimate of drug-likeness (QED) is 0.659. The fourth-order valence-corrected chi connectivity index (χ4v) is 2.55. The second kappa shape index (κ2) is 5.34. The van der Waals surface area contributed by atoms with E-state index in [2.05, 4.69) is 81.4 Å². The van der Waals surface area contributed by atoms with Crippen LogP contribution < -0.4 is 0 Å². The van der Waals surface area contributed by atoms with E-state index in [1.807, 2.05) is 0 Å². The van der Waals surface area contributed by atoms with Crippen LogP contribution in [0, 0.1) is 5.41 Å². The van der Waals surface area contributed by atoms with E-state index in [-0.39, 0.29) is 16.2 Å². The number of benzene rings is 1. The molecule has 0 aliphatic rings. The molecule has 0 saturated carbocycles. The second-order valence-electron chi connectivity index (χ2n) is 9.55. The Morgan fingerprint density at radius 3 is 1.33 bits per heavy atom. The highest BCUT2D eigenvalue weighted by Crippen LogP contribution is 2.43. The average Bonchev–Trinajstić information content (AvgIpc) is 2.23. The molecule has 0 heterocycles. The third kappa shape index (κ3) is 4.02. The number of phenols is 1. The van der Waals surface area contributed by atoms with Crippen molar-refractivity contribution >= 4 is 0 Å². The van der Waals surface area contributed by atoms with Gasteiger partial charge in [-0.25, -0.2) is 0 Å². The summed E-state index contributed by atoms with van der Waals surface area (Å²) in [6.45, 7) is 22.1. The molecule has 0 aliphatic heterocycles. The number of hydrogen-bond acceptors (Lipinski definition) is 1. The van der Waals surface area contributed by atoms with Gasteiger partial charge < -0.3 is 5.11 Å². The average molecular weight is 290 g/mol. The summed E-state index contributed by atoms with van der Waals surface area (Å²) >= 11 is 0. The van der Waals surface area contributed by atoms with E-state index >= 15 is 0 Å². The maximum absolute atomic E-state index is 10.8. The molecule has 1 atom stereocenters. The molecule has 1 N–H and O–H groups in total. The Labute approximate surface area is 131 Å². The second-order valence-corrected chi connectivity index (χ2v) is 9.55. The first-order valence-electron chi connectivity index (χ1n) is 8.03. The largest absolute Gasteiger partial charge is 0.507 e. The molecule has 0 saturated heterocycles. The molecule has 0 fully saturated rings. The van der Waals surface area contributed by atoms with Crippen molar-refractivity contribution in [1.82, 2.24) is 0 Å². The van der Waals surface area contributed by atoms with E-state index in [0.29, 0.717) is 11.7 Å². The predicted molar refractivity (Wildman–Crippen MR) is 93.4 cm³/mol. The van der Waals surface area contributed by atoms with Crippen molar-refractivity contribution < 1.29 is 5.11 Å². The zero-order valence-corrected chi connectivity index (χ0v) is 15.7. The summed E-state index contributed by atoms with van der Waals surface area (Å²) in [5, 5.41) is 10.8. The van der Waals surface area contributed by atoms with E-state index in [0.717, 1.165) is 11.1 Å². The van der Waals surface area contributed by atoms with Gasteiger partial charge in [0.05, 0.1) is 0 Å². The van der Waals surface area contributed by atoms with Gasteiger partial charge in [0.15, 0.2) is 0 Å². The van der Waals surface area contributed by atoms with E-state index in [9.17, 15) is 5.11 Å². The molecule has 0 spiro atoms. The summed E-state index contributed by atoms with van der Waals surface area (Å²) in [6, 6.07) is 4.42. The molecular weight excluding hydrogens is 256 g/mol. The molecule has 0 bridgehead atoms. The summed E-state index contributed by atoms with van der Waals surface area (Å²) < 4.78 is 0. The normalized spacial score (nSPS) is 15.1. The van der Waals surface area contributed by atoms with E-state index in [4.69, 9.17) is 0 Å². The molecule has 1 rings (SSSR count). The zero-order chi connectivity index (χ0) is 16.8. The maximum Gasteiger partial charge on any atom is 0.123 e. The molecule has 0 radical (unpaired) electrons. The zero-order valence-electron chi connectivity index (χ0n) is 15.7. The predicted octanol–water partition coefficient (Wildman–Crippen LogP) is 6.14. The van der Waals surface area contributed by atoms with E-state index < -0.39 is 0 Å². The van der Waals surface area contributed by atoms with Crippen molar-refractivity contribution in [2.24, 2.45) is 5.41 Å². The Morgan fingerprint density at radius 2 is 1.10 bits per heavy atom. The molecule has 1 unspecified atom stereocenters. The Balaban J connectivity index is 3.63. The number of phenolic OH excluding ortho intramolecular Hbond substituents is 1. The van der Waals surface area contributed by atoms with Crippen molar-refractivity contribution in [3.8, 4) is 5.75 Å². The third-order valence-electron chi connectivity index (χ3n) is 4.55. The fourth-order valence-electron chi connectivity index (χ4n) is 2.55. The maximum atomic E-state index is 10.8. The topological polar surface area (TPSA) is 20.2 Å². The number of rotatable bonds is 1. The van der Waals surface area contributed by atoms with Gasteiger partial charge in [-0.2, -0.15) is 0 Å². The molecule has 0 aliphatic carbocycles. The minimum Gasteiger partial charge on any atom is -0.507 e. The van der Waals surface area contributed by atoms with Crippen LogP contribution in [0.15, 0.2) is 12.1 Å². The highest BCUT2D eigenvalue weighted by Gasteiger charge is 2.29. The summed E-state index contributed by atoms with van der Waals surface area (Å²) in [7, 11) is 0. The molecule has 0 amide bonds. The fraction of sp³-hybridized carbons (Fsp3) is 0.700. The number of aromatic hydroxyl groups is 1. The lowest BCUT2D eigenvalue weighted by molar-refractivity contribution is 0.337. The highest BCUT2D eigenvalue weighted by molar-refractivity contribution is 5.50. The Bertz CT molecular complexity index is 469. The minimum atomic E-state index is -0.0578. The Morgan fingerprint density at radius 1 is 0.762 bits per heavy atom. The van der Waals surface area contributed by atoms with Crippen molar-refractivity contribution in [3.05, 3.63) is 28.8 Å². The van der Waals surface area contributed by atoms with Crippen LogP contribution in [-0.2, 0) is 10.8 Å². The van der Waals surface area contributed by atoms with Gasteiger partial charge in [-0.1, -0.05) is 81.4 Å². The highest BCUT2D eigenvalue weighted by atomic mass is 16.3. The molecule has 1 aromatic rings. The standard InChI is InChI=1S/C20H34O/c1-13(18(2,3)4)14-11-15(19(5,6)7)17(21)16(12-14)20(8,9)10/h11-13,21H,1-10H3. The van der Waals surface area contributed by atoms with Gasteiger partial charge in [-0.15, -0.1) is 0 Å². The summed E-state index contributed by atoms with van der Waals surface area (Å²) in [4.78, 5) is 0. The van der Waals surface area contributed by atoms with Crippen molar-refractivity contribution in [3.63, 3.8) is 0 Å². The van der Waals surface area contributed by atoms with Gasteiger partial charge in [0.25, 0.3) is 0 Å². The van der Waals surface area contributed by atoms with Gasteiger partial charge in [0, 0.05) is 0 Å². The van der Waals surface area contributed by atoms with Gasteiger partial charge in [0.2, 0.25) is 0 Å². The van der Waals surface area contributed by atoms with Gasteiger partial charge in [-0.05, 0) is 38.9 Å². The Kier molecular flexibility index (Phi) is 4.59. The van der Waals surface area contributed by atoms with Crippen LogP contribution in [0.5, 0.6) is 5.75 Å². The van der Waals surface area contributed by atoms with Crippen LogP contribution in [0.2, 0.25) is 0 Å². The molecule has 1 nitrogen and oxygen atoms in total. The van der Waals surface area contributed by atoms with Gasteiger partial charge >= 0.3 is 0 Å². The van der Waals surface area contributed by atoms with Crippen molar-refractivity contribution in [2.75, 3.05) is 0 Å². The lowest BCUT2D eigenvalue weighted by Gasteiger charge is -2.33. The molecular formula is C20H34O. The van der Waals surface area contributed by atoms with Crippen LogP contribution in [0.3, 0.4) is 0 Å². The van der Waals surface area contributed by atoms with Crippen LogP contribution in [0.1, 0.15) is 91.8 Å². The van der Waals surface area contributed by atoms with Crippen molar-refractivity contribution in [1.29, 1.82) is 0 Å². The third-order valence-corrected chi connectivity index (χ3v) is 4.55. The monoisotopic (exact) mass is 290 g/mol. The van der Waals surface area contributed by atoms with Crippen molar-refractivity contribution in [2.45, 2.75) is 86.0 Å². The summed E-state index contributed by atoms with van der Waals surface area (Å²) in [5.74, 6) is 0.917.